The van der Waals surface area contributed by atoms with E-state index >= 15 is 0 Å². The van der Waals surface area contributed by atoms with Gasteiger partial charge in [-0.1, -0.05) is 11.8 Å². The fourth-order valence-corrected chi connectivity index (χ4v) is 3.30. The minimum atomic E-state index is -0.129. The third-order valence-electron chi connectivity index (χ3n) is 2.87. The Morgan fingerprint density at radius 1 is 1.39 bits per heavy atom. The van der Waals surface area contributed by atoms with Crippen LogP contribution in [0.3, 0.4) is 0 Å². The number of carbonyl (C=O) groups excluding carboxylic acids is 1. The van der Waals surface area contributed by atoms with Gasteiger partial charge < -0.3 is 14.2 Å². The number of thiazole rings is 1. The summed E-state index contributed by atoms with van der Waals surface area (Å²) < 4.78 is 10.7. The zero-order chi connectivity index (χ0) is 16.2. The molecule has 0 fully saturated rings. The lowest BCUT2D eigenvalue weighted by atomic mass is 10.4. The van der Waals surface area contributed by atoms with Crippen LogP contribution in [0.5, 0.6) is 0 Å². The third-order valence-corrected chi connectivity index (χ3v) is 4.75. The fraction of sp³-hybridized carbons (Fsp3) is 0.286. The van der Waals surface area contributed by atoms with E-state index in [1.807, 2.05) is 13.8 Å². The highest BCUT2D eigenvalue weighted by Gasteiger charge is 2.16. The molecule has 3 rings (SSSR count). The summed E-state index contributed by atoms with van der Waals surface area (Å²) in [5, 5.41) is 12.0. The number of hydrogen-bond donors (Lipinski definition) is 1. The number of nitrogens with zero attached hydrogens (tertiary/aromatic N) is 3. The summed E-state index contributed by atoms with van der Waals surface area (Å²) >= 11 is 2.70. The van der Waals surface area contributed by atoms with Gasteiger partial charge in [0.2, 0.25) is 5.91 Å². The Morgan fingerprint density at radius 2 is 2.26 bits per heavy atom. The first kappa shape index (κ1) is 15.8. The maximum Gasteiger partial charge on any atom is 0.277 e. The zero-order valence-electron chi connectivity index (χ0n) is 12.5. The SMILES string of the molecule is Cc1nc(C)c(-c2nnc(SCC(=O)NCc3ccco3)o2)s1. The topological polar surface area (TPSA) is 94.0 Å². The second-order valence-electron chi connectivity index (χ2n) is 4.67. The number of furan rings is 1. The number of hydrogen-bond acceptors (Lipinski definition) is 8. The van der Waals surface area contributed by atoms with Gasteiger partial charge in [-0.25, -0.2) is 4.98 Å². The van der Waals surface area contributed by atoms with Crippen molar-refractivity contribution in [2.75, 3.05) is 5.75 Å². The van der Waals surface area contributed by atoms with Crippen molar-refractivity contribution >= 4 is 29.0 Å². The molecule has 3 aromatic heterocycles. The quantitative estimate of drug-likeness (QED) is 0.683. The van der Waals surface area contributed by atoms with Gasteiger partial charge in [-0.3, -0.25) is 4.79 Å². The predicted molar refractivity (Wildman–Crippen MR) is 86.2 cm³/mol. The molecular weight excluding hydrogens is 336 g/mol. The Hall–Kier alpha value is -2.13. The molecule has 0 aliphatic heterocycles. The second kappa shape index (κ2) is 6.97. The number of amides is 1. The third kappa shape index (κ3) is 3.99. The Morgan fingerprint density at radius 3 is 2.96 bits per heavy atom. The monoisotopic (exact) mass is 350 g/mol. The molecule has 3 heterocycles. The molecule has 0 bridgehead atoms. The lowest BCUT2D eigenvalue weighted by Gasteiger charge is -2.00. The van der Waals surface area contributed by atoms with Crippen LogP contribution in [0, 0.1) is 13.8 Å². The van der Waals surface area contributed by atoms with Crippen LogP contribution in [-0.2, 0) is 11.3 Å². The summed E-state index contributed by atoms with van der Waals surface area (Å²) in [6.07, 6.45) is 1.57. The Balaban J connectivity index is 1.53. The van der Waals surface area contributed by atoms with Crippen molar-refractivity contribution < 1.29 is 13.6 Å². The van der Waals surface area contributed by atoms with Crippen LogP contribution in [0.2, 0.25) is 0 Å². The number of rotatable bonds is 6. The Labute approximate surface area is 140 Å². The van der Waals surface area contributed by atoms with Crippen molar-refractivity contribution in [2.24, 2.45) is 0 Å². The van der Waals surface area contributed by atoms with Crippen molar-refractivity contribution in [1.29, 1.82) is 0 Å². The first-order chi connectivity index (χ1) is 11.1. The van der Waals surface area contributed by atoms with E-state index < -0.39 is 0 Å². The molecule has 0 spiro atoms. The minimum Gasteiger partial charge on any atom is -0.467 e. The van der Waals surface area contributed by atoms with Gasteiger partial charge in [-0.15, -0.1) is 21.5 Å². The molecule has 0 aliphatic rings. The predicted octanol–water partition coefficient (Wildman–Crippen LogP) is 2.81. The highest BCUT2D eigenvalue weighted by atomic mass is 32.2. The molecule has 9 heteroatoms. The van der Waals surface area contributed by atoms with Crippen LogP contribution < -0.4 is 5.32 Å². The van der Waals surface area contributed by atoms with E-state index in [0.717, 1.165) is 15.6 Å². The van der Waals surface area contributed by atoms with Gasteiger partial charge in [0.1, 0.15) is 10.6 Å². The molecule has 7 nitrogen and oxygen atoms in total. The molecule has 0 saturated carbocycles. The van der Waals surface area contributed by atoms with Crippen LogP contribution >= 0.6 is 23.1 Å². The highest BCUT2D eigenvalue weighted by molar-refractivity contribution is 7.99. The molecule has 120 valence electrons. The van der Waals surface area contributed by atoms with Crippen LogP contribution in [0.1, 0.15) is 16.5 Å². The molecule has 0 saturated heterocycles. The lowest BCUT2D eigenvalue weighted by molar-refractivity contribution is -0.118. The van der Waals surface area contributed by atoms with Crippen LogP contribution in [0.15, 0.2) is 32.5 Å². The number of carbonyl (C=O) groups is 1. The molecule has 1 N–H and O–H groups in total. The molecular formula is C14H14N4O3S2. The molecule has 0 aromatic carbocycles. The molecule has 0 unspecified atom stereocenters. The van der Waals surface area contributed by atoms with E-state index in [9.17, 15) is 4.79 Å². The Bertz CT molecular complexity index is 795. The van der Waals surface area contributed by atoms with E-state index in [2.05, 4.69) is 20.5 Å². The van der Waals surface area contributed by atoms with Crippen LogP contribution in [-0.4, -0.2) is 26.8 Å². The largest absolute Gasteiger partial charge is 0.467 e. The number of aromatic nitrogens is 3. The van der Waals surface area contributed by atoms with E-state index in [1.165, 1.54) is 23.1 Å². The first-order valence-corrected chi connectivity index (χ1v) is 8.62. The molecule has 1 amide bonds. The van der Waals surface area contributed by atoms with E-state index in [-0.39, 0.29) is 11.7 Å². The van der Waals surface area contributed by atoms with E-state index in [4.69, 9.17) is 8.83 Å². The van der Waals surface area contributed by atoms with Gasteiger partial charge >= 0.3 is 0 Å². The molecule has 3 aromatic rings. The average molecular weight is 350 g/mol. The smallest absolute Gasteiger partial charge is 0.277 e. The zero-order valence-corrected chi connectivity index (χ0v) is 14.2. The summed E-state index contributed by atoms with van der Waals surface area (Å²) in [5.74, 6) is 1.21. The van der Waals surface area contributed by atoms with Crippen molar-refractivity contribution in [3.8, 4) is 10.8 Å². The molecule has 0 radical (unpaired) electrons. The summed E-state index contributed by atoms with van der Waals surface area (Å²) in [6.45, 7) is 4.19. The maximum atomic E-state index is 11.8. The summed E-state index contributed by atoms with van der Waals surface area (Å²) in [7, 11) is 0. The molecule has 23 heavy (non-hydrogen) atoms. The first-order valence-electron chi connectivity index (χ1n) is 6.81. The van der Waals surface area contributed by atoms with E-state index in [0.29, 0.717) is 23.4 Å². The lowest BCUT2D eigenvalue weighted by Crippen LogP contribution is -2.24. The van der Waals surface area contributed by atoms with Crippen LogP contribution in [0.25, 0.3) is 10.8 Å². The summed E-state index contributed by atoms with van der Waals surface area (Å²) in [6, 6.07) is 3.58. The fourth-order valence-electron chi connectivity index (χ4n) is 1.87. The van der Waals surface area contributed by atoms with Crippen molar-refractivity contribution in [3.63, 3.8) is 0 Å². The van der Waals surface area contributed by atoms with Gasteiger partial charge in [-0.2, -0.15) is 0 Å². The summed E-state index contributed by atoms with van der Waals surface area (Å²) in [5.41, 5.74) is 0.865. The standard InChI is InChI=1S/C14H14N4O3S2/c1-8-12(23-9(2)16-8)13-17-18-14(21-13)22-7-11(19)15-6-10-4-3-5-20-10/h3-5H,6-7H2,1-2H3,(H,15,19). The summed E-state index contributed by atoms with van der Waals surface area (Å²) in [4.78, 5) is 17.0. The normalized spacial score (nSPS) is 10.9. The van der Waals surface area contributed by atoms with Gasteiger partial charge in [0, 0.05) is 0 Å². The van der Waals surface area contributed by atoms with Gasteiger partial charge in [0.05, 0.1) is 29.3 Å². The van der Waals surface area contributed by atoms with E-state index in [1.54, 1.807) is 18.4 Å². The van der Waals surface area contributed by atoms with Gasteiger partial charge in [0.25, 0.3) is 11.1 Å². The van der Waals surface area contributed by atoms with Crippen molar-refractivity contribution in [2.45, 2.75) is 25.6 Å². The van der Waals surface area contributed by atoms with Gasteiger partial charge in [-0.05, 0) is 26.0 Å². The minimum absolute atomic E-state index is 0.129. The number of aryl methyl sites for hydroxylation is 2. The van der Waals surface area contributed by atoms with Crippen LogP contribution in [0.4, 0.5) is 0 Å². The second-order valence-corrected chi connectivity index (χ2v) is 6.80. The maximum absolute atomic E-state index is 11.8. The number of thioether (sulfide) groups is 1. The van der Waals surface area contributed by atoms with Crippen molar-refractivity contribution in [1.82, 2.24) is 20.5 Å². The van der Waals surface area contributed by atoms with Gasteiger partial charge in [0.15, 0.2) is 0 Å². The molecule has 0 aliphatic carbocycles. The number of nitrogens with one attached hydrogen (secondary N) is 1. The average Bonchev–Trinajstić information content (AvgIpc) is 3.24. The highest BCUT2D eigenvalue weighted by Crippen LogP contribution is 2.30. The van der Waals surface area contributed by atoms with Crippen molar-refractivity contribution in [3.05, 3.63) is 34.9 Å². The molecule has 0 atom stereocenters. The Kier molecular flexibility index (Phi) is 4.77.